The molecule has 29 heavy (non-hydrogen) atoms. The van der Waals surface area contributed by atoms with Gasteiger partial charge in [0.15, 0.2) is 11.5 Å². The molecule has 8 heteroatoms. The van der Waals surface area contributed by atoms with Gasteiger partial charge in [-0.05, 0) is 24.3 Å². The van der Waals surface area contributed by atoms with Gasteiger partial charge >= 0.3 is 5.97 Å². The number of cyclic esters (lactones) is 1. The van der Waals surface area contributed by atoms with E-state index in [1.165, 1.54) is 37.3 Å². The SMILES string of the molecule is COc1cccc([C@@H]2CC(=O)N(c3ccc(F)c(Cl)c3)C3=C2C(=O)OC3)c1OC. The summed E-state index contributed by atoms with van der Waals surface area (Å²) in [6, 6.07) is 9.28. The van der Waals surface area contributed by atoms with E-state index in [9.17, 15) is 14.0 Å². The zero-order valence-electron chi connectivity index (χ0n) is 15.7. The van der Waals surface area contributed by atoms with Crippen LogP contribution in [0.25, 0.3) is 0 Å². The molecule has 2 heterocycles. The predicted octanol–water partition coefficient (Wildman–Crippen LogP) is 3.83. The monoisotopic (exact) mass is 417 g/mol. The lowest BCUT2D eigenvalue weighted by atomic mass is 9.83. The Morgan fingerprint density at radius 3 is 2.66 bits per heavy atom. The molecule has 0 saturated heterocycles. The Balaban J connectivity index is 1.86. The summed E-state index contributed by atoms with van der Waals surface area (Å²) in [4.78, 5) is 27.0. The standard InChI is InChI=1S/C21H17ClFNO5/c1-27-17-5-3-4-12(20(17)28-2)13-9-18(25)24(16-10-29-21(26)19(13)16)11-6-7-15(23)14(22)8-11/h3-8,13H,9-10H2,1-2H3/t13-/m0/s1. The van der Waals surface area contributed by atoms with Gasteiger partial charge in [-0.25, -0.2) is 9.18 Å². The Labute approximate surface area is 171 Å². The number of benzene rings is 2. The highest BCUT2D eigenvalue weighted by Gasteiger charge is 2.44. The first-order chi connectivity index (χ1) is 14.0. The topological polar surface area (TPSA) is 65.1 Å². The maximum Gasteiger partial charge on any atom is 0.336 e. The molecule has 4 rings (SSSR count). The normalized spacial score (nSPS) is 18.6. The highest BCUT2D eigenvalue weighted by Crippen LogP contribution is 2.46. The minimum absolute atomic E-state index is 0.00641. The number of esters is 1. The Hall–Kier alpha value is -3.06. The summed E-state index contributed by atoms with van der Waals surface area (Å²) in [6.45, 7) is -0.0579. The lowest BCUT2D eigenvalue weighted by molar-refractivity contribution is -0.136. The smallest absolute Gasteiger partial charge is 0.336 e. The molecular formula is C21H17ClFNO5. The third kappa shape index (κ3) is 3.11. The first kappa shape index (κ1) is 19.3. The van der Waals surface area contributed by atoms with E-state index in [0.717, 1.165) is 0 Å². The quantitative estimate of drug-likeness (QED) is 0.707. The minimum Gasteiger partial charge on any atom is -0.493 e. The molecule has 2 aliphatic rings. The molecule has 0 N–H and O–H groups in total. The Morgan fingerprint density at radius 1 is 1.17 bits per heavy atom. The summed E-state index contributed by atoms with van der Waals surface area (Å²) < 4.78 is 29.7. The number of hydrogen-bond acceptors (Lipinski definition) is 5. The fourth-order valence-electron chi connectivity index (χ4n) is 3.83. The predicted molar refractivity (Wildman–Crippen MR) is 104 cm³/mol. The fourth-order valence-corrected chi connectivity index (χ4v) is 4.00. The van der Waals surface area contributed by atoms with E-state index < -0.39 is 17.7 Å². The van der Waals surface area contributed by atoms with Crippen molar-refractivity contribution in [1.29, 1.82) is 0 Å². The van der Waals surface area contributed by atoms with Crippen molar-refractivity contribution in [2.24, 2.45) is 0 Å². The van der Waals surface area contributed by atoms with Gasteiger partial charge in [-0.2, -0.15) is 0 Å². The van der Waals surface area contributed by atoms with Crippen LogP contribution >= 0.6 is 11.6 Å². The summed E-state index contributed by atoms with van der Waals surface area (Å²) in [7, 11) is 3.02. The van der Waals surface area contributed by atoms with E-state index in [1.807, 2.05) is 0 Å². The fraction of sp³-hybridized carbons (Fsp3) is 0.238. The number of amides is 1. The number of rotatable bonds is 4. The van der Waals surface area contributed by atoms with Gasteiger partial charge in [0.05, 0.1) is 36.2 Å². The largest absolute Gasteiger partial charge is 0.493 e. The van der Waals surface area contributed by atoms with Crippen molar-refractivity contribution in [1.82, 2.24) is 0 Å². The Bertz CT molecular complexity index is 1050. The molecule has 6 nitrogen and oxygen atoms in total. The summed E-state index contributed by atoms with van der Waals surface area (Å²) in [5.41, 5.74) is 1.83. The van der Waals surface area contributed by atoms with Crippen molar-refractivity contribution >= 4 is 29.2 Å². The maximum absolute atomic E-state index is 13.6. The number of nitrogens with zero attached hydrogens (tertiary/aromatic N) is 1. The van der Waals surface area contributed by atoms with E-state index in [2.05, 4.69) is 0 Å². The minimum atomic E-state index is -0.591. The molecule has 0 radical (unpaired) electrons. The van der Waals surface area contributed by atoms with Gasteiger partial charge in [0.1, 0.15) is 12.4 Å². The molecule has 1 atom stereocenters. The number of para-hydroxylation sites is 1. The van der Waals surface area contributed by atoms with Crippen molar-refractivity contribution in [3.63, 3.8) is 0 Å². The number of carbonyl (C=O) groups excluding carboxylic acids is 2. The molecular weight excluding hydrogens is 401 g/mol. The van der Waals surface area contributed by atoms with Gasteiger partial charge in [-0.1, -0.05) is 23.7 Å². The van der Waals surface area contributed by atoms with Crippen LogP contribution in [-0.4, -0.2) is 32.7 Å². The summed E-state index contributed by atoms with van der Waals surface area (Å²) in [5.74, 6) is -0.951. The molecule has 2 aromatic carbocycles. The van der Waals surface area contributed by atoms with Crippen LogP contribution in [0.2, 0.25) is 5.02 Å². The average Bonchev–Trinajstić information content (AvgIpc) is 3.10. The van der Waals surface area contributed by atoms with Crippen LogP contribution in [0.3, 0.4) is 0 Å². The maximum atomic E-state index is 13.6. The average molecular weight is 418 g/mol. The van der Waals surface area contributed by atoms with Crippen LogP contribution in [0, 0.1) is 5.82 Å². The van der Waals surface area contributed by atoms with E-state index in [-0.39, 0.29) is 24.0 Å². The zero-order chi connectivity index (χ0) is 20.7. The highest BCUT2D eigenvalue weighted by atomic mass is 35.5. The molecule has 2 aromatic rings. The molecule has 150 valence electrons. The second-order valence-corrected chi connectivity index (χ2v) is 7.01. The van der Waals surface area contributed by atoms with Gasteiger partial charge < -0.3 is 14.2 Å². The summed E-state index contributed by atoms with van der Waals surface area (Å²) >= 11 is 5.89. The van der Waals surface area contributed by atoms with Crippen molar-refractivity contribution in [3.05, 3.63) is 64.1 Å². The van der Waals surface area contributed by atoms with Gasteiger partial charge in [0.2, 0.25) is 5.91 Å². The molecule has 0 unspecified atom stereocenters. The van der Waals surface area contributed by atoms with Crippen molar-refractivity contribution in [2.45, 2.75) is 12.3 Å². The molecule has 0 bridgehead atoms. The van der Waals surface area contributed by atoms with E-state index in [1.54, 1.807) is 18.2 Å². The first-order valence-corrected chi connectivity index (χ1v) is 9.23. The number of anilines is 1. The molecule has 0 saturated carbocycles. The number of carbonyl (C=O) groups is 2. The van der Waals surface area contributed by atoms with E-state index in [4.69, 9.17) is 25.8 Å². The lowest BCUT2D eigenvalue weighted by Gasteiger charge is -2.32. The Morgan fingerprint density at radius 2 is 1.97 bits per heavy atom. The summed E-state index contributed by atoms with van der Waals surface area (Å²) in [6.07, 6.45) is 0.00641. The Kier molecular flexibility index (Phi) is 4.92. The van der Waals surface area contributed by atoms with E-state index >= 15 is 0 Å². The second kappa shape index (κ2) is 7.40. The third-order valence-corrected chi connectivity index (χ3v) is 5.38. The van der Waals surface area contributed by atoms with Gasteiger partial charge in [0.25, 0.3) is 0 Å². The van der Waals surface area contributed by atoms with Crippen LogP contribution in [0.15, 0.2) is 47.7 Å². The van der Waals surface area contributed by atoms with Crippen LogP contribution in [0.5, 0.6) is 11.5 Å². The molecule has 0 spiro atoms. The van der Waals surface area contributed by atoms with E-state index in [0.29, 0.717) is 34.0 Å². The van der Waals surface area contributed by atoms with Gasteiger partial charge in [-0.15, -0.1) is 0 Å². The molecule has 0 fully saturated rings. The molecule has 0 aromatic heterocycles. The highest BCUT2D eigenvalue weighted by molar-refractivity contribution is 6.31. The lowest BCUT2D eigenvalue weighted by Crippen LogP contribution is -2.37. The second-order valence-electron chi connectivity index (χ2n) is 6.60. The van der Waals surface area contributed by atoms with Crippen molar-refractivity contribution in [3.8, 4) is 11.5 Å². The van der Waals surface area contributed by atoms with Gasteiger partial charge in [0, 0.05) is 17.9 Å². The van der Waals surface area contributed by atoms with Gasteiger partial charge in [-0.3, -0.25) is 9.69 Å². The van der Waals surface area contributed by atoms with Crippen molar-refractivity contribution < 1.29 is 28.2 Å². The van der Waals surface area contributed by atoms with Crippen LogP contribution in [0.1, 0.15) is 17.9 Å². The van der Waals surface area contributed by atoms with Crippen LogP contribution in [0.4, 0.5) is 10.1 Å². The number of halogens is 2. The van der Waals surface area contributed by atoms with Crippen molar-refractivity contribution in [2.75, 3.05) is 25.7 Å². The zero-order valence-corrected chi connectivity index (χ0v) is 16.5. The van der Waals surface area contributed by atoms with Crippen LogP contribution in [-0.2, 0) is 14.3 Å². The third-order valence-electron chi connectivity index (χ3n) is 5.09. The number of ether oxygens (including phenoxy) is 3. The molecule has 0 aliphatic carbocycles. The molecule has 1 amide bonds. The first-order valence-electron chi connectivity index (χ1n) is 8.85. The number of hydrogen-bond donors (Lipinski definition) is 0. The molecule has 2 aliphatic heterocycles. The number of methoxy groups -OCH3 is 2. The van der Waals surface area contributed by atoms with Crippen LogP contribution < -0.4 is 14.4 Å². The summed E-state index contributed by atoms with van der Waals surface area (Å²) in [5, 5.41) is -0.112.